The number of fused-ring (bicyclic) bond motifs is 3. The fraction of sp³-hybridized carbons (Fsp3) is 0.500. The Kier molecular flexibility index (Phi) is 8.11. The number of aromatic nitrogens is 6. The first kappa shape index (κ1) is 27.0. The molecule has 0 spiro atoms. The SMILES string of the molecule is COC[C@@H]1COc2c(ccnc2OC)-c2nnc(NS(=O)(=O)[C@@H](C)[C@@H](OC(C)C)c3ncc(Cl)cn3)n21. The molecule has 1 N–H and O–H groups in total. The summed E-state index contributed by atoms with van der Waals surface area (Å²) in [5, 5.41) is 7.64. The molecule has 0 amide bonds. The summed E-state index contributed by atoms with van der Waals surface area (Å²) in [6, 6.07) is 1.24. The maximum Gasteiger partial charge on any atom is 0.257 e. The van der Waals surface area contributed by atoms with Crippen LogP contribution in [0, 0.1) is 0 Å². The lowest BCUT2D eigenvalue weighted by Crippen LogP contribution is -2.35. The molecule has 13 nitrogen and oxygen atoms in total. The van der Waals surface area contributed by atoms with Gasteiger partial charge < -0.3 is 18.9 Å². The molecule has 0 bridgehead atoms. The third-order valence-corrected chi connectivity index (χ3v) is 7.50. The highest BCUT2D eigenvalue weighted by Gasteiger charge is 2.37. The molecule has 1 aliphatic rings. The molecule has 0 saturated heterocycles. The second kappa shape index (κ2) is 11.1. The third-order valence-electron chi connectivity index (χ3n) is 5.61. The van der Waals surface area contributed by atoms with E-state index in [1.807, 2.05) is 0 Å². The summed E-state index contributed by atoms with van der Waals surface area (Å²) >= 11 is 5.91. The van der Waals surface area contributed by atoms with Crippen molar-refractivity contribution in [2.45, 2.75) is 44.3 Å². The van der Waals surface area contributed by atoms with E-state index in [-0.39, 0.29) is 37.0 Å². The second-order valence-corrected chi connectivity index (χ2v) is 11.0. The van der Waals surface area contributed by atoms with E-state index >= 15 is 0 Å². The Labute approximate surface area is 219 Å². The summed E-state index contributed by atoms with van der Waals surface area (Å²) in [6.45, 7) is 5.44. The van der Waals surface area contributed by atoms with Gasteiger partial charge in [-0.25, -0.2) is 23.4 Å². The van der Waals surface area contributed by atoms with Crippen molar-refractivity contribution in [2.24, 2.45) is 0 Å². The Morgan fingerprint density at radius 3 is 2.57 bits per heavy atom. The molecule has 3 aromatic rings. The van der Waals surface area contributed by atoms with Crippen molar-refractivity contribution in [3.63, 3.8) is 0 Å². The van der Waals surface area contributed by atoms with Crippen LogP contribution in [0.15, 0.2) is 24.7 Å². The quantitative estimate of drug-likeness (QED) is 0.394. The highest BCUT2D eigenvalue weighted by Crippen LogP contribution is 2.40. The summed E-state index contributed by atoms with van der Waals surface area (Å²) in [7, 11) is -1.07. The lowest BCUT2D eigenvalue weighted by atomic mass is 10.2. The molecule has 200 valence electrons. The highest BCUT2D eigenvalue weighted by molar-refractivity contribution is 7.93. The van der Waals surface area contributed by atoms with Crippen LogP contribution in [-0.2, 0) is 19.5 Å². The van der Waals surface area contributed by atoms with Gasteiger partial charge in [0.15, 0.2) is 17.4 Å². The molecule has 4 rings (SSSR count). The average Bonchev–Trinajstić information content (AvgIpc) is 3.19. The van der Waals surface area contributed by atoms with Crippen LogP contribution < -0.4 is 14.2 Å². The Hall–Kier alpha value is -3.07. The van der Waals surface area contributed by atoms with E-state index in [1.165, 1.54) is 33.5 Å². The van der Waals surface area contributed by atoms with Gasteiger partial charge in [0.2, 0.25) is 16.0 Å². The zero-order valence-electron chi connectivity index (χ0n) is 21.0. The lowest BCUT2D eigenvalue weighted by molar-refractivity contribution is 0.00154. The molecular weight excluding hydrogens is 526 g/mol. The number of hydrogen-bond acceptors (Lipinski definition) is 11. The molecule has 0 radical (unpaired) electrons. The molecule has 1 aliphatic heterocycles. The fourth-order valence-electron chi connectivity index (χ4n) is 3.88. The van der Waals surface area contributed by atoms with Crippen LogP contribution in [0.3, 0.4) is 0 Å². The topological polar surface area (TPSA) is 152 Å². The van der Waals surface area contributed by atoms with Crippen molar-refractivity contribution in [2.75, 3.05) is 32.2 Å². The van der Waals surface area contributed by atoms with Crippen molar-refractivity contribution in [3.8, 4) is 23.0 Å². The summed E-state index contributed by atoms with van der Waals surface area (Å²) in [4.78, 5) is 12.5. The van der Waals surface area contributed by atoms with Crippen LogP contribution in [0.25, 0.3) is 11.4 Å². The molecule has 0 aliphatic carbocycles. The zero-order valence-corrected chi connectivity index (χ0v) is 22.5. The van der Waals surface area contributed by atoms with Crippen LogP contribution in [0.4, 0.5) is 5.95 Å². The summed E-state index contributed by atoms with van der Waals surface area (Å²) in [5.74, 6) is 1.21. The van der Waals surface area contributed by atoms with Gasteiger partial charge in [-0.15, -0.1) is 10.2 Å². The normalized spacial score (nSPS) is 16.8. The van der Waals surface area contributed by atoms with Gasteiger partial charge in [0.1, 0.15) is 18.0 Å². The van der Waals surface area contributed by atoms with E-state index in [0.717, 1.165) is 0 Å². The maximum absolute atomic E-state index is 13.6. The van der Waals surface area contributed by atoms with Crippen LogP contribution >= 0.6 is 11.6 Å². The number of halogens is 1. The standard InChI is InChI=1S/C22H28ClN7O6S/c1-12(2)36-17(19-25-8-14(23)9-26-19)13(3)37(31,32)29-22-28-27-20-16-6-7-24-21(34-5)18(16)35-11-15(10-33-4)30(20)22/h6-9,12-13,15,17H,10-11H2,1-5H3,(H,28,29)/t13-,15+,17+/m0/s1. The van der Waals surface area contributed by atoms with E-state index in [0.29, 0.717) is 22.2 Å². The van der Waals surface area contributed by atoms with Gasteiger partial charge in [-0.2, -0.15) is 0 Å². The fourth-order valence-corrected chi connectivity index (χ4v) is 5.06. The minimum Gasteiger partial charge on any atom is -0.485 e. The largest absolute Gasteiger partial charge is 0.485 e. The highest BCUT2D eigenvalue weighted by atomic mass is 35.5. The van der Waals surface area contributed by atoms with Crippen LogP contribution in [0.2, 0.25) is 5.02 Å². The number of pyridine rings is 1. The van der Waals surface area contributed by atoms with Gasteiger partial charge in [0, 0.05) is 25.7 Å². The molecule has 4 heterocycles. The maximum atomic E-state index is 13.6. The number of hydrogen-bond donors (Lipinski definition) is 1. The van der Waals surface area contributed by atoms with E-state index in [4.69, 9.17) is 30.5 Å². The van der Waals surface area contributed by atoms with E-state index in [9.17, 15) is 8.42 Å². The van der Waals surface area contributed by atoms with Gasteiger partial charge in [0.25, 0.3) is 5.88 Å². The van der Waals surface area contributed by atoms with Crippen molar-refractivity contribution in [1.29, 1.82) is 0 Å². The molecule has 0 fully saturated rings. The van der Waals surface area contributed by atoms with Crippen LogP contribution in [0.1, 0.15) is 38.7 Å². The Bertz CT molecular complexity index is 1340. The van der Waals surface area contributed by atoms with Crippen molar-refractivity contribution >= 4 is 27.6 Å². The van der Waals surface area contributed by atoms with Gasteiger partial charge in [-0.3, -0.25) is 9.29 Å². The molecular formula is C22H28ClN7O6S. The second-order valence-electron chi connectivity index (χ2n) is 8.55. The molecule has 0 unspecified atom stereocenters. The van der Waals surface area contributed by atoms with E-state index in [2.05, 4.69) is 29.9 Å². The lowest BCUT2D eigenvalue weighted by Gasteiger charge is -2.26. The van der Waals surface area contributed by atoms with Gasteiger partial charge >= 0.3 is 0 Å². The van der Waals surface area contributed by atoms with Crippen molar-refractivity contribution < 1.29 is 27.4 Å². The van der Waals surface area contributed by atoms with Crippen molar-refractivity contribution in [1.82, 2.24) is 29.7 Å². The number of methoxy groups -OCH3 is 2. The monoisotopic (exact) mass is 553 g/mol. The minimum atomic E-state index is -4.09. The molecule has 3 aromatic heterocycles. The molecule has 37 heavy (non-hydrogen) atoms. The zero-order chi connectivity index (χ0) is 26.7. The van der Waals surface area contributed by atoms with Gasteiger partial charge in [0.05, 0.1) is 36.4 Å². The van der Waals surface area contributed by atoms with E-state index in [1.54, 1.807) is 30.7 Å². The first-order valence-electron chi connectivity index (χ1n) is 11.4. The number of nitrogens with one attached hydrogen (secondary N) is 1. The van der Waals surface area contributed by atoms with Crippen molar-refractivity contribution in [3.05, 3.63) is 35.5 Å². The number of sulfonamides is 1. The number of nitrogens with zero attached hydrogens (tertiary/aromatic N) is 6. The summed E-state index contributed by atoms with van der Waals surface area (Å²) < 4.78 is 54.0. The first-order valence-corrected chi connectivity index (χ1v) is 13.3. The summed E-state index contributed by atoms with van der Waals surface area (Å²) in [6.07, 6.45) is 3.05. The predicted octanol–water partition coefficient (Wildman–Crippen LogP) is 2.67. The number of anilines is 1. The van der Waals surface area contributed by atoms with Gasteiger partial charge in [-0.1, -0.05) is 11.6 Å². The predicted molar refractivity (Wildman–Crippen MR) is 134 cm³/mol. The molecule has 15 heteroatoms. The van der Waals surface area contributed by atoms with Crippen LogP contribution in [-0.4, -0.2) is 76.9 Å². The Morgan fingerprint density at radius 1 is 1.19 bits per heavy atom. The molecule has 0 saturated carbocycles. The third kappa shape index (κ3) is 5.61. The number of rotatable bonds is 10. The molecule has 3 atom stereocenters. The minimum absolute atomic E-state index is 0.00329. The smallest absolute Gasteiger partial charge is 0.257 e. The van der Waals surface area contributed by atoms with Crippen LogP contribution in [0.5, 0.6) is 11.6 Å². The van der Waals surface area contributed by atoms with Gasteiger partial charge in [-0.05, 0) is 26.8 Å². The first-order chi connectivity index (χ1) is 17.7. The molecule has 0 aromatic carbocycles. The average molecular weight is 554 g/mol. The Morgan fingerprint density at radius 2 is 1.92 bits per heavy atom. The van der Waals surface area contributed by atoms with E-state index < -0.39 is 27.4 Å². The summed E-state index contributed by atoms with van der Waals surface area (Å²) in [5.41, 5.74) is 0.548. The number of ether oxygens (including phenoxy) is 4. The Balaban J connectivity index is 1.73.